The first-order valence-corrected chi connectivity index (χ1v) is 6.67. The fraction of sp³-hybridized carbons (Fsp3) is 0.643. The van der Waals surface area contributed by atoms with E-state index < -0.39 is 17.3 Å². The Bertz CT molecular complexity index is 486. The zero-order chi connectivity index (χ0) is 14.0. The van der Waals surface area contributed by atoms with Gasteiger partial charge in [-0.1, -0.05) is 25.7 Å². The Labute approximate surface area is 110 Å². The van der Waals surface area contributed by atoms with Crippen LogP contribution in [0.3, 0.4) is 0 Å². The third-order valence-electron chi connectivity index (χ3n) is 3.90. The Balaban J connectivity index is 2.14. The molecule has 1 saturated carbocycles. The van der Waals surface area contributed by atoms with E-state index >= 15 is 0 Å². The summed E-state index contributed by atoms with van der Waals surface area (Å²) in [7, 11) is 0. The van der Waals surface area contributed by atoms with E-state index in [9.17, 15) is 18.0 Å². The van der Waals surface area contributed by atoms with Gasteiger partial charge in [-0.15, -0.1) is 0 Å². The highest BCUT2D eigenvalue weighted by atomic mass is 19.4. The molecule has 1 unspecified atom stereocenters. The fourth-order valence-corrected chi connectivity index (χ4v) is 2.87. The van der Waals surface area contributed by atoms with Crippen molar-refractivity contribution in [2.45, 2.75) is 51.2 Å². The number of hydrogen-bond acceptors (Lipinski definition) is 1. The summed E-state index contributed by atoms with van der Waals surface area (Å²) in [6.07, 6.45) is 2.46. The highest BCUT2D eigenvalue weighted by molar-refractivity contribution is 5.15. The molecule has 106 valence electrons. The smallest absolute Gasteiger partial charge is 0.313 e. The van der Waals surface area contributed by atoms with Gasteiger partial charge in [0.05, 0.1) is 5.56 Å². The van der Waals surface area contributed by atoms with Crippen molar-refractivity contribution < 1.29 is 13.2 Å². The molecule has 1 aliphatic carbocycles. The van der Waals surface area contributed by atoms with Crippen LogP contribution in [0.4, 0.5) is 13.2 Å². The van der Waals surface area contributed by atoms with Crippen LogP contribution in [0.2, 0.25) is 0 Å². The van der Waals surface area contributed by atoms with Crippen LogP contribution in [0.15, 0.2) is 23.1 Å². The van der Waals surface area contributed by atoms with Crippen molar-refractivity contribution in [1.82, 2.24) is 4.57 Å². The predicted molar refractivity (Wildman–Crippen MR) is 67.0 cm³/mol. The van der Waals surface area contributed by atoms with Crippen LogP contribution in [-0.2, 0) is 6.18 Å². The number of rotatable bonds is 3. The van der Waals surface area contributed by atoms with Gasteiger partial charge in [0.1, 0.15) is 0 Å². The van der Waals surface area contributed by atoms with Gasteiger partial charge in [0.2, 0.25) is 0 Å². The fourth-order valence-electron chi connectivity index (χ4n) is 2.87. The lowest BCUT2D eigenvalue weighted by molar-refractivity contribution is -0.137. The first-order chi connectivity index (χ1) is 8.88. The summed E-state index contributed by atoms with van der Waals surface area (Å²) < 4.78 is 38.9. The minimum absolute atomic E-state index is 0.0436. The zero-order valence-corrected chi connectivity index (χ0v) is 10.9. The van der Waals surface area contributed by atoms with Crippen LogP contribution in [0, 0.1) is 5.92 Å². The molecule has 1 heterocycles. The Kier molecular flexibility index (Phi) is 4.02. The average Bonchev–Trinajstić information content (AvgIpc) is 2.80. The van der Waals surface area contributed by atoms with Gasteiger partial charge in [0.25, 0.3) is 5.56 Å². The minimum Gasteiger partial charge on any atom is -0.313 e. The third-order valence-corrected chi connectivity index (χ3v) is 3.90. The number of alkyl halides is 3. The van der Waals surface area contributed by atoms with E-state index in [-0.39, 0.29) is 6.04 Å². The second kappa shape index (κ2) is 5.39. The second-order valence-corrected chi connectivity index (χ2v) is 5.39. The number of halogens is 3. The predicted octanol–water partition coefficient (Wildman–Crippen LogP) is 4.01. The van der Waals surface area contributed by atoms with Gasteiger partial charge in [-0.05, 0) is 25.3 Å². The molecule has 1 atom stereocenters. The molecule has 1 aromatic heterocycles. The molecule has 0 aliphatic heterocycles. The summed E-state index contributed by atoms with van der Waals surface area (Å²) in [5.41, 5.74) is -1.44. The summed E-state index contributed by atoms with van der Waals surface area (Å²) >= 11 is 0. The van der Waals surface area contributed by atoms with Crippen LogP contribution in [0.5, 0.6) is 0 Å². The summed E-state index contributed by atoms with van der Waals surface area (Å²) in [5.74, 6) is 0.601. The molecule has 0 saturated heterocycles. The number of hydrogen-bond donors (Lipinski definition) is 0. The molecule has 1 aliphatic rings. The lowest BCUT2D eigenvalue weighted by atomic mass is 9.99. The molecule has 0 spiro atoms. The van der Waals surface area contributed by atoms with E-state index in [0.29, 0.717) is 12.0 Å². The Morgan fingerprint density at radius 3 is 2.53 bits per heavy atom. The SMILES string of the molecule is CC(CC1CCCC1)n1ccc(C(F)(F)F)cc1=O. The van der Waals surface area contributed by atoms with E-state index in [1.54, 1.807) is 0 Å². The molecule has 1 fully saturated rings. The second-order valence-electron chi connectivity index (χ2n) is 5.39. The van der Waals surface area contributed by atoms with Gasteiger partial charge in [-0.25, -0.2) is 0 Å². The summed E-state index contributed by atoms with van der Waals surface area (Å²) in [5, 5.41) is 0. The molecule has 5 heteroatoms. The van der Waals surface area contributed by atoms with Crippen LogP contribution in [0.1, 0.15) is 50.6 Å². The van der Waals surface area contributed by atoms with Crippen LogP contribution >= 0.6 is 0 Å². The average molecular weight is 273 g/mol. The Morgan fingerprint density at radius 2 is 2.00 bits per heavy atom. The molecular weight excluding hydrogens is 255 g/mol. The van der Waals surface area contributed by atoms with Crippen molar-refractivity contribution in [3.05, 3.63) is 34.2 Å². The van der Waals surface area contributed by atoms with E-state index in [2.05, 4.69) is 0 Å². The molecular formula is C14H18F3NO. The first kappa shape index (κ1) is 14.2. The van der Waals surface area contributed by atoms with E-state index in [1.807, 2.05) is 6.92 Å². The first-order valence-electron chi connectivity index (χ1n) is 6.67. The summed E-state index contributed by atoms with van der Waals surface area (Å²) in [6, 6.07) is 1.62. The molecule has 0 bridgehead atoms. The van der Waals surface area contributed by atoms with Crippen molar-refractivity contribution >= 4 is 0 Å². The molecule has 0 amide bonds. The minimum atomic E-state index is -4.45. The normalized spacial score (nSPS) is 18.7. The van der Waals surface area contributed by atoms with E-state index in [0.717, 1.165) is 12.5 Å². The highest BCUT2D eigenvalue weighted by Gasteiger charge is 2.31. The van der Waals surface area contributed by atoms with Gasteiger partial charge in [-0.3, -0.25) is 4.79 Å². The quantitative estimate of drug-likeness (QED) is 0.815. The van der Waals surface area contributed by atoms with Gasteiger partial charge in [0, 0.05) is 18.3 Å². The molecule has 2 rings (SSSR count). The maximum absolute atomic E-state index is 12.5. The molecule has 0 N–H and O–H groups in total. The number of pyridine rings is 1. The van der Waals surface area contributed by atoms with Crippen molar-refractivity contribution in [2.24, 2.45) is 5.92 Å². The number of nitrogens with zero attached hydrogens (tertiary/aromatic N) is 1. The highest BCUT2D eigenvalue weighted by Crippen LogP contribution is 2.32. The summed E-state index contributed by atoms with van der Waals surface area (Å²) in [6.45, 7) is 1.90. The van der Waals surface area contributed by atoms with Crippen molar-refractivity contribution in [3.8, 4) is 0 Å². The van der Waals surface area contributed by atoms with Crippen LogP contribution in [0.25, 0.3) is 0 Å². The van der Waals surface area contributed by atoms with E-state index in [1.165, 1.54) is 36.4 Å². The largest absolute Gasteiger partial charge is 0.416 e. The van der Waals surface area contributed by atoms with Gasteiger partial charge < -0.3 is 4.57 Å². The van der Waals surface area contributed by atoms with Crippen molar-refractivity contribution in [3.63, 3.8) is 0 Å². The molecule has 0 aromatic carbocycles. The topological polar surface area (TPSA) is 22.0 Å². The van der Waals surface area contributed by atoms with Gasteiger partial charge >= 0.3 is 6.18 Å². The standard InChI is InChI=1S/C14H18F3NO/c1-10(8-11-4-2-3-5-11)18-7-6-12(9-13(18)19)14(15,16)17/h6-7,9-11H,2-5,8H2,1H3. The van der Waals surface area contributed by atoms with E-state index in [4.69, 9.17) is 0 Å². The maximum atomic E-state index is 12.5. The maximum Gasteiger partial charge on any atom is 0.416 e. The molecule has 1 aromatic rings. The van der Waals surface area contributed by atoms with Crippen LogP contribution < -0.4 is 5.56 Å². The monoisotopic (exact) mass is 273 g/mol. The van der Waals surface area contributed by atoms with Crippen molar-refractivity contribution in [2.75, 3.05) is 0 Å². The summed E-state index contributed by atoms with van der Waals surface area (Å²) in [4.78, 5) is 11.8. The van der Waals surface area contributed by atoms with Gasteiger partial charge in [-0.2, -0.15) is 13.2 Å². The Hall–Kier alpha value is -1.26. The zero-order valence-electron chi connectivity index (χ0n) is 10.9. The van der Waals surface area contributed by atoms with Crippen molar-refractivity contribution in [1.29, 1.82) is 0 Å². The lowest BCUT2D eigenvalue weighted by Gasteiger charge is -2.19. The molecule has 19 heavy (non-hydrogen) atoms. The number of aromatic nitrogens is 1. The lowest BCUT2D eigenvalue weighted by Crippen LogP contribution is -2.25. The van der Waals surface area contributed by atoms with Gasteiger partial charge in [0.15, 0.2) is 0 Å². The van der Waals surface area contributed by atoms with Crippen LogP contribution in [-0.4, -0.2) is 4.57 Å². The Morgan fingerprint density at radius 1 is 1.37 bits per heavy atom. The molecule has 2 nitrogen and oxygen atoms in total. The molecule has 0 radical (unpaired) electrons. The third kappa shape index (κ3) is 3.39.